The van der Waals surface area contributed by atoms with Crippen LogP contribution in [0.2, 0.25) is 0 Å². The summed E-state index contributed by atoms with van der Waals surface area (Å²) >= 11 is 0. The van der Waals surface area contributed by atoms with Gasteiger partial charge in [0, 0.05) is 24.4 Å². The van der Waals surface area contributed by atoms with Crippen LogP contribution < -0.4 is 5.32 Å². The molecule has 118 valence electrons. The minimum absolute atomic E-state index is 0.0255. The molecule has 0 bridgehead atoms. The summed E-state index contributed by atoms with van der Waals surface area (Å²) in [4.78, 5) is 16.0. The minimum Gasteiger partial charge on any atom is -0.354 e. The number of carbonyl (C=O) groups excluding carboxylic acids is 1. The zero-order valence-corrected chi connectivity index (χ0v) is 12.8. The molecule has 0 aliphatic carbocycles. The number of hydrogen-bond acceptors (Lipinski definition) is 4. The molecular formula is C16H20FN3O2. The second-order valence-electron chi connectivity index (χ2n) is 5.28. The number of rotatable bonds is 7. The van der Waals surface area contributed by atoms with Crippen LogP contribution in [0, 0.1) is 5.82 Å². The number of halogens is 1. The van der Waals surface area contributed by atoms with Crippen molar-refractivity contribution in [1.29, 1.82) is 0 Å². The lowest BCUT2D eigenvalue weighted by atomic mass is 10.2. The fraction of sp³-hybridized carbons (Fsp3) is 0.438. The SMILES string of the molecule is CCCC(C)NC(=O)CCc1nc(-c2ccc(F)cc2)no1. The smallest absolute Gasteiger partial charge is 0.227 e. The highest BCUT2D eigenvalue weighted by atomic mass is 19.1. The normalized spacial score (nSPS) is 12.1. The first-order valence-corrected chi connectivity index (χ1v) is 7.46. The first-order valence-electron chi connectivity index (χ1n) is 7.46. The maximum Gasteiger partial charge on any atom is 0.227 e. The van der Waals surface area contributed by atoms with Crippen LogP contribution in [0.3, 0.4) is 0 Å². The van der Waals surface area contributed by atoms with E-state index in [2.05, 4.69) is 22.4 Å². The van der Waals surface area contributed by atoms with Gasteiger partial charge in [-0.25, -0.2) is 4.39 Å². The number of aryl methyl sites for hydroxylation is 1. The minimum atomic E-state index is -0.315. The lowest BCUT2D eigenvalue weighted by molar-refractivity contribution is -0.121. The lowest BCUT2D eigenvalue weighted by Crippen LogP contribution is -2.32. The van der Waals surface area contributed by atoms with Crippen LogP contribution in [-0.2, 0) is 11.2 Å². The van der Waals surface area contributed by atoms with Gasteiger partial charge in [0.1, 0.15) is 5.82 Å². The molecule has 0 spiro atoms. The molecule has 2 aromatic rings. The number of nitrogens with zero attached hydrogens (tertiary/aromatic N) is 2. The Morgan fingerprint density at radius 2 is 2.09 bits per heavy atom. The quantitative estimate of drug-likeness (QED) is 0.853. The number of amides is 1. The molecule has 1 unspecified atom stereocenters. The van der Waals surface area contributed by atoms with E-state index in [0.717, 1.165) is 12.8 Å². The van der Waals surface area contributed by atoms with Crippen molar-refractivity contribution >= 4 is 5.91 Å². The van der Waals surface area contributed by atoms with Gasteiger partial charge in [0.25, 0.3) is 0 Å². The molecule has 1 heterocycles. The van der Waals surface area contributed by atoms with Crippen LogP contribution in [0.1, 0.15) is 39.0 Å². The number of hydrogen-bond donors (Lipinski definition) is 1. The molecule has 0 saturated heterocycles. The van der Waals surface area contributed by atoms with Gasteiger partial charge in [-0.05, 0) is 37.6 Å². The Hall–Kier alpha value is -2.24. The van der Waals surface area contributed by atoms with Crippen molar-refractivity contribution in [3.63, 3.8) is 0 Å². The van der Waals surface area contributed by atoms with E-state index in [1.807, 2.05) is 6.92 Å². The molecule has 2 rings (SSSR count). The van der Waals surface area contributed by atoms with Crippen LogP contribution in [0.15, 0.2) is 28.8 Å². The fourth-order valence-corrected chi connectivity index (χ4v) is 2.15. The third-order valence-electron chi connectivity index (χ3n) is 3.27. The van der Waals surface area contributed by atoms with Crippen molar-refractivity contribution < 1.29 is 13.7 Å². The van der Waals surface area contributed by atoms with Crippen molar-refractivity contribution in [3.8, 4) is 11.4 Å². The summed E-state index contributed by atoms with van der Waals surface area (Å²) in [6.45, 7) is 4.07. The molecule has 1 amide bonds. The summed E-state index contributed by atoms with van der Waals surface area (Å²) in [6, 6.07) is 6.03. The first-order chi connectivity index (χ1) is 10.6. The van der Waals surface area contributed by atoms with Crippen molar-refractivity contribution in [2.24, 2.45) is 0 Å². The van der Waals surface area contributed by atoms with Crippen molar-refractivity contribution in [3.05, 3.63) is 36.0 Å². The Bertz CT molecular complexity index is 610. The second-order valence-corrected chi connectivity index (χ2v) is 5.28. The lowest BCUT2D eigenvalue weighted by Gasteiger charge is -2.11. The summed E-state index contributed by atoms with van der Waals surface area (Å²) in [5, 5.41) is 6.77. The van der Waals surface area contributed by atoms with Gasteiger partial charge in [0.15, 0.2) is 0 Å². The molecule has 0 fully saturated rings. The van der Waals surface area contributed by atoms with Crippen LogP contribution in [-0.4, -0.2) is 22.1 Å². The van der Waals surface area contributed by atoms with E-state index in [1.54, 1.807) is 12.1 Å². The van der Waals surface area contributed by atoms with Gasteiger partial charge in [-0.1, -0.05) is 18.5 Å². The maximum atomic E-state index is 12.9. The van der Waals surface area contributed by atoms with E-state index in [0.29, 0.717) is 30.1 Å². The van der Waals surface area contributed by atoms with E-state index in [-0.39, 0.29) is 17.8 Å². The first kappa shape index (κ1) is 16.1. The van der Waals surface area contributed by atoms with Gasteiger partial charge in [0.2, 0.25) is 17.6 Å². The summed E-state index contributed by atoms with van der Waals surface area (Å²) in [6.07, 6.45) is 2.69. The molecule has 0 aliphatic heterocycles. The zero-order chi connectivity index (χ0) is 15.9. The van der Waals surface area contributed by atoms with E-state index >= 15 is 0 Å². The molecule has 0 radical (unpaired) electrons. The largest absolute Gasteiger partial charge is 0.354 e. The Morgan fingerprint density at radius 3 is 2.77 bits per heavy atom. The summed E-state index contributed by atoms with van der Waals surface area (Å²) in [5.41, 5.74) is 0.678. The summed E-state index contributed by atoms with van der Waals surface area (Å²) in [7, 11) is 0. The topological polar surface area (TPSA) is 68.0 Å². The standard InChI is InChI=1S/C16H20FN3O2/c1-3-4-11(2)18-14(21)9-10-15-19-16(20-22-15)12-5-7-13(17)8-6-12/h5-8,11H,3-4,9-10H2,1-2H3,(H,18,21). The molecule has 1 atom stereocenters. The molecule has 1 aromatic heterocycles. The maximum absolute atomic E-state index is 12.9. The van der Waals surface area contributed by atoms with Crippen molar-refractivity contribution in [1.82, 2.24) is 15.5 Å². The highest BCUT2D eigenvalue weighted by molar-refractivity contribution is 5.76. The van der Waals surface area contributed by atoms with Gasteiger partial charge in [-0.3, -0.25) is 4.79 Å². The van der Waals surface area contributed by atoms with Gasteiger partial charge in [-0.15, -0.1) is 0 Å². The molecule has 0 saturated carbocycles. The van der Waals surface area contributed by atoms with E-state index < -0.39 is 0 Å². The third-order valence-corrected chi connectivity index (χ3v) is 3.27. The van der Waals surface area contributed by atoms with Gasteiger partial charge in [-0.2, -0.15) is 4.98 Å². The Kier molecular flexibility index (Phi) is 5.63. The van der Waals surface area contributed by atoms with Gasteiger partial charge >= 0.3 is 0 Å². The van der Waals surface area contributed by atoms with Gasteiger partial charge in [0.05, 0.1) is 0 Å². The predicted molar refractivity (Wildman–Crippen MR) is 80.5 cm³/mol. The van der Waals surface area contributed by atoms with Crippen LogP contribution in [0.5, 0.6) is 0 Å². The summed E-state index contributed by atoms with van der Waals surface area (Å²) < 4.78 is 18.0. The monoisotopic (exact) mass is 305 g/mol. The highest BCUT2D eigenvalue weighted by Crippen LogP contribution is 2.16. The second kappa shape index (κ2) is 7.68. The molecule has 1 N–H and O–H groups in total. The molecule has 22 heavy (non-hydrogen) atoms. The number of carbonyl (C=O) groups is 1. The highest BCUT2D eigenvalue weighted by Gasteiger charge is 2.12. The average molecular weight is 305 g/mol. The van der Waals surface area contributed by atoms with Crippen molar-refractivity contribution in [2.45, 2.75) is 45.6 Å². The number of aromatic nitrogens is 2. The Morgan fingerprint density at radius 1 is 1.36 bits per heavy atom. The number of benzene rings is 1. The molecule has 0 aliphatic rings. The zero-order valence-electron chi connectivity index (χ0n) is 12.8. The molecule has 5 nitrogen and oxygen atoms in total. The predicted octanol–water partition coefficient (Wildman–Crippen LogP) is 3.11. The Balaban J connectivity index is 1.87. The van der Waals surface area contributed by atoms with Gasteiger partial charge < -0.3 is 9.84 Å². The molecular weight excluding hydrogens is 285 g/mol. The molecule has 1 aromatic carbocycles. The fourth-order valence-electron chi connectivity index (χ4n) is 2.15. The van der Waals surface area contributed by atoms with E-state index in [4.69, 9.17) is 4.52 Å². The van der Waals surface area contributed by atoms with Crippen LogP contribution in [0.4, 0.5) is 4.39 Å². The average Bonchev–Trinajstić information content (AvgIpc) is 2.95. The van der Waals surface area contributed by atoms with Crippen LogP contribution >= 0.6 is 0 Å². The van der Waals surface area contributed by atoms with Crippen molar-refractivity contribution in [2.75, 3.05) is 0 Å². The van der Waals surface area contributed by atoms with E-state index in [9.17, 15) is 9.18 Å². The summed E-state index contributed by atoms with van der Waals surface area (Å²) in [5.74, 6) is 0.459. The third kappa shape index (κ3) is 4.65. The van der Waals surface area contributed by atoms with E-state index in [1.165, 1.54) is 12.1 Å². The van der Waals surface area contributed by atoms with Crippen LogP contribution in [0.25, 0.3) is 11.4 Å². The molecule has 6 heteroatoms. The Labute approximate surface area is 128 Å². The number of nitrogens with one attached hydrogen (secondary N) is 1.